The molecule has 10 heteroatoms. The van der Waals surface area contributed by atoms with E-state index < -0.39 is 21.9 Å². The molecule has 2 aromatic heterocycles. The molecule has 5 aromatic rings. The van der Waals surface area contributed by atoms with Crippen molar-refractivity contribution in [3.63, 3.8) is 0 Å². The topological polar surface area (TPSA) is 84.0 Å². The van der Waals surface area contributed by atoms with E-state index in [1.54, 1.807) is 24.3 Å². The minimum absolute atomic E-state index is 0.0828. The number of halogens is 1. The summed E-state index contributed by atoms with van der Waals surface area (Å²) in [5, 5.41) is 12.7. The van der Waals surface area contributed by atoms with Crippen molar-refractivity contribution >= 4 is 60.5 Å². The zero-order valence-corrected chi connectivity index (χ0v) is 22.7. The van der Waals surface area contributed by atoms with Crippen molar-refractivity contribution in [2.24, 2.45) is 5.92 Å². The second-order valence-electron chi connectivity index (χ2n) is 9.21. The van der Waals surface area contributed by atoms with Crippen LogP contribution in [-0.2, 0) is 14.8 Å². The van der Waals surface area contributed by atoms with Crippen LogP contribution in [0.25, 0.3) is 38.1 Å². The third-order valence-corrected chi connectivity index (χ3v) is 9.70. The number of nitrogens with zero attached hydrogens (tertiary/aromatic N) is 3. The average Bonchev–Trinajstić information content (AvgIpc) is 3.50. The fourth-order valence-electron chi connectivity index (χ4n) is 4.98. The third-order valence-electron chi connectivity index (χ3n) is 6.92. The summed E-state index contributed by atoms with van der Waals surface area (Å²) in [5.74, 6) is -1.27. The molecular weight excluding hydrogens is 554 g/mol. The van der Waals surface area contributed by atoms with Gasteiger partial charge in [0, 0.05) is 45.9 Å². The summed E-state index contributed by atoms with van der Waals surface area (Å²) in [4.78, 5) is 17.1. The van der Waals surface area contributed by atoms with Crippen molar-refractivity contribution in [1.82, 2.24) is 3.97 Å². The van der Waals surface area contributed by atoms with Crippen LogP contribution in [0.1, 0.15) is 0 Å². The molecule has 194 valence electrons. The number of para-hydroxylation sites is 1. The van der Waals surface area contributed by atoms with Crippen LogP contribution in [0.3, 0.4) is 0 Å². The van der Waals surface area contributed by atoms with Gasteiger partial charge in [-0.15, -0.1) is 0 Å². The van der Waals surface area contributed by atoms with Crippen molar-refractivity contribution in [2.75, 3.05) is 18.0 Å². The zero-order chi connectivity index (χ0) is 27.3. The molecule has 1 aliphatic heterocycles. The molecule has 0 saturated carbocycles. The molecule has 1 aliphatic rings. The molecule has 0 bridgehead atoms. The number of carboxylic acids is 1. The van der Waals surface area contributed by atoms with Crippen molar-refractivity contribution in [2.45, 2.75) is 4.90 Å². The highest BCUT2D eigenvalue weighted by atomic mass is 35.5. The highest BCUT2D eigenvalue weighted by Gasteiger charge is 2.34. The van der Waals surface area contributed by atoms with E-state index in [0.717, 1.165) is 5.69 Å². The van der Waals surface area contributed by atoms with Gasteiger partial charge in [0.1, 0.15) is 0 Å². The molecular formula is C29H20ClN3O4S2. The van der Waals surface area contributed by atoms with E-state index >= 15 is 0 Å². The number of carboxylic acid groups (broad SMARTS) is 1. The average molecular weight is 574 g/mol. The van der Waals surface area contributed by atoms with Crippen molar-refractivity contribution in [3.8, 4) is 22.4 Å². The molecule has 39 heavy (non-hydrogen) atoms. The van der Waals surface area contributed by atoms with Gasteiger partial charge in [-0.1, -0.05) is 48.0 Å². The predicted molar refractivity (Wildman–Crippen MR) is 154 cm³/mol. The van der Waals surface area contributed by atoms with Gasteiger partial charge >= 0.3 is 5.97 Å². The highest BCUT2D eigenvalue weighted by molar-refractivity contribution is 7.90. The summed E-state index contributed by atoms with van der Waals surface area (Å²) in [7, 11) is -4.10. The zero-order valence-electron chi connectivity index (χ0n) is 20.3. The second-order valence-corrected chi connectivity index (χ2v) is 12.3. The lowest BCUT2D eigenvalue weighted by Gasteiger charge is -2.38. The number of anilines is 1. The summed E-state index contributed by atoms with van der Waals surface area (Å²) < 4.78 is 29.9. The number of aromatic nitrogens is 1. The van der Waals surface area contributed by atoms with Gasteiger partial charge in [0.25, 0.3) is 10.0 Å². The minimum atomic E-state index is -4.10. The van der Waals surface area contributed by atoms with E-state index in [-0.39, 0.29) is 4.90 Å². The summed E-state index contributed by atoms with van der Waals surface area (Å²) in [6.45, 7) is 8.50. The molecule has 7 nitrogen and oxygen atoms in total. The summed E-state index contributed by atoms with van der Waals surface area (Å²) in [6, 6.07) is 22.6. The first-order valence-corrected chi connectivity index (χ1v) is 14.7. The van der Waals surface area contributed by atoms with Gasteiger partial charge in [0.05, 0.1) is 28.6 Å². The number of hydrogen-bond donors (Lipinski definition) is 1. The molecule has 1 N–H and O–H groups in total. The molecule has 0 unspecified atom stereocenters. The SMILES string of the molecule is [C-]#[N+]c1sccc1-c1c(-c2cccc(N3CC(C(=O)O)C3)c2)n(S(=O)(=O)c2ccc(Cl)cc2)c2ccccc12. The third kappa shape index (κ3) is 4.17. The number of carbonyl (C=O) groups is 1. The molecule has 0 radical (unpaired) electrons. The number of rotatable bonds is 6. The molecule has 0 spiro atoms. The molecule has 6 rings (SSSR count). The molecule has 3 heterocycles. The normalized spacial score (nSPS) is 13.8. The first kappa shape index (κ1) is 25.2. The largest absolute Gasteiger partial charge is 0.481 e. The maximum absolute atomic E-state index is 14.3. The number of aliphatic carboxylic acids is 1. The van der Waals surface area contributed by atoms with Crippen LogP contribution >= 0.6 is 22.9 Å². The fourth-order valence-corrected chi connectivity index (χ4v) is 7.34. The van der Waals surface area contributed by atoms with Gasteiger partial charge in [-0.05, 0) is 47.8 Å². The number of hydrogen-bond acceptors (Lipinski definition) is 5. The van der Waals surface area contributed by atoms with Crippen LogP contribution in [0.2, 0.25) is 5.02 Å². The molecule has 1 fully saturated rings. The number of benzene rings is 3. The Morgan fingerprint density at radius 2 is 1.77 bits per heavy atom. The molecule has 0 amide bonds. The Morgan fingerprint density at radius 1 is 1.03 bits per heavy atom. The van der Waals surface area contributed by atoms with Gasteiger partial charge < -0.3 is 10.0 Å². The van der Waals surface area contributed by atoms with Crippen LogP contribution in [-0.4, -0.2) is 36.6 Å². The van der Waals surface area contributed by atoms with Gasteiger partial charge in [-0.3, -0.25) is 4.79 Å². The highest BCUT2D eigenvalue weighted by Crippen LogP contribution is 2.48. The molecule has 0 atom stereocenters. The Bertz CT molecular complexity index is 1900. The lowest BCUT2D eigenvalue weighted by Crippen LogP contribution is -2.50. The van der Waals surface area contributed by atoms with E-state index in [9.17, 15) is 18.3 Å². The van der Waals surface area contributed by atoms with Crippen LogP contribution in [0.15, 0.2) is 89.1 Å². The fraction of sp³-hybridized carbons (Fsp3) is 0.103. The van der Waals surface area contributed by atoms with Crippen molar-refractivity contribution in [1.29, 1.82) is 0 Å². The predicted octanol–water partition coefficient (Wildman–Crippen LogP) is 7.00. The van der Waals surface area contributed by atoms with Crippen molar-refractivity contribution < 1.29 is 18.3 Å². The quantitative estimate of drug-likeness (QED) is 0.221. The Labute approximate surface area is 234 Å². The first-order valence-electron chi connectivity index (χ1n) is 12.0. The Kier molecular flexibility index (Phi) is 6.19. The molecule has 1 saturated heterocycles. The monoisotopic (exact) mass is 573 g/mol. The van der Waals surface area contributed by atoms with E-state index in [4.69, 9.17) is 18.2 Å². The van der Waals surface area contributed by atoms with Crippen LogP contribution in [0.5, 0.6) is 0 Å². The summed E-state index contributed by atoms with van der Waals surface area (Å²) >= 11 is 7.36. The van der Waals surface area contributed by atoms with E-state index in [1.165, 1.54) is 27.4 Å². The molecule has 0 aliphatic carbocycles. The maximum Gasteiger partial charge on any atom is 0.310 e. The van der Waals surface area contributed by atoms with Crippen LogP contribution in [0.4, 0.5) is 10.7 Å². The number of fused-ring (bicyclic) bond motifs is 1. The van der Waals surface area contributed by atoms with Gasteiger partial charge in [-0.2, -0.15) is 11.3 Å². The standard InChI is InChI=1S/C29H20ClN3O4S2/c1-31-28-24(13-14-38-28)26-23-7-2-3-8-25(23)33(39(36,37)22-11-9-20(30)10-12-22)27(26)18-5-4-6-21(15-18)32-16-19(17-32)29(34)35/h2-15,19H,16-17H2,(H,34,35). The Hall–Kier alpha value is -4.10. The van der Waals surface area contributed by atoms with Gasteiger partial charge in [0.2, 0.25) is 5.00 Å². The van der Waals surface area contributed by atoms with E-state index in [1.807, 2.05) is 52.7 Å². The summed E-state index contributed by atoms with van der Waals surface area (Å²) in [6.07, 6.45) is 0. The minimum Gasteiger partial charge on any atom is -0.481 e. The lowest BCUT2D eigenvalue weighted by molar-refractivity contribution is -0.142. The van der Waals surface area contributed by atoms with Gasteiger partial charge in [-0.25, -0.2) is 17.2 Å². The van der Waals surface area contributed by atoms with Crippen LogP contribution < -0.4 is 4.90 Å². The van der Waals surface area contributed by atoms with Crippen LogP contribution in [0, 0.1) is 12.5 Å². The van der Waals surface area contributed by atoms with Crippen molar-refractivity contribution in [3.05, 3.63) is 101 Å². The Morgan fingerprint density at radius 3 is 2.49 bits per heavy atom. The maximum atomic E-state index is 14.3. The summed E-state index contributed by atoms with van der Waals surface area (Å²) in [5.41, 5.74) is 3.67. The van der Waals surface area contributed by atoms with Gasteiger partial charge in [0.15, 0.2) is 0 Å². The smallest absolute Gasteiger partial charge is 0.310 e. The van der Waals surface area contributed by atoms with E-state index in [0.29, 0.717) is 56.4 Å². The lowest BCUT2D eigenvalue weighted by atomic mass is 9.97. The molecule has 3 aromatic carbocycles. The number of thiophene rings is 1. The van der Waals surface area contributed by atoms with E-state index in [2.05, 4.69) is 4.85 Å². The second kappa shape index (κ2) is 9.58. The first-order chi connectivity index (χ1) is 18.8. The Balaban J connectivity index is 1.65.